The van der Waals surface area contributed by atoms with E-state index in [0.717, 1.165) is 5.56 Å². The van der Waals surface area contributed by atoms with E-state index in [0.29, 0.717) is 26.1 Å². The molecule has 0 bridgehead atoms. The van der Waals surface area contributed by atoms with Crippen molar-refractivity contribution in [3.05, 3.63) is 63.6 Å². The van der Waals surface area contributed by atoms with Crippen molar-refractivity contribution in [3.8, 4) is 0 Å². The summed E-state index contributed by atoms with van der Waals surface area (Å²) in [5.74, 6) is 0. The summed E-state index contributed by atoms with van der Waals surface area (Å²) in [7, 11) is -0.967. The fourth-order valence-corrected chi connectivity index (χ4v) is 2.92. The first-order chi connectivity index (χ1) is 10.1. The maximum absolute atomic E-state index is 10.5. The van der Waals surface area contributed by atoms with Crippen molar-refractivity contribution >= 4 is 59.1 Å². The van der Waals surface area contributed by atoms with Gasteiger partial charge in [0.25, 0.3) is 0 Å². The summed E-state index contributed by atoms with van der Waals surface area (Å²) in [4.78, 5) is 1.73. The number of nitrogens with zero attached hydrogens (tertiary/aromatic N) is 2. The summed E-state index contributed by atoms with van der Waals surface area (Å²) in [5.41, 5.74) is 2.12. The molecule has 3 rings (SSSR count). The number of fused-ring (bicyclic) bond motifs is 1. The summed E-state index contributed by atoms with van der Waals surface area (Å²) in [6.07, 6.45) is 1.62. The van der Waals surface area contributed by atoms with Gasteiger partial charge in [-0.15, -0.1) is 0 Å². The Labute approximate surface area is 137 Å². The molecule has 1 aliphatic heterocycles. The van der Waals surface area contributed by atoms with E-state index in [2.05, 4.69) is 5.10 Å². The van der Waals surface area contributed by atoms with Gasteiger partial charge in [0.2, 0.25) is 0 Å². The molecule has 0 radical (unpaired) electrons. The molecule has 0 fully saturated rings. The van der Waals surface area contributed by atoms with Crippen LogP contribution in [0.4, 0.5) is 0 Å². The van der Waals surface area contributed by atoms with E-state index in [4.69, 9.17) is 35.4 Å². The van der Waals surface area contributed by atoms with E-state index in [-0.39, 0.29) is 0 Å². The molecule has 3 nitrogen and oxygen atoms in total. The molecule has 2 aromatic rings. The van der Waals surface area contributed by atoms with Gasteiger partial charge in [0, 0.05) is 10.6 Å². The van der Waals surface area contributed by atoms with Gasteiger partial charge in [-0.25, -0.2) is 0 Å². The third-order valence-electron chi connectivity index (χ3n) is 3.19. The molecule has 0 saturated heterocycles. The van der Waals surface area contributed by atoms with E-state index in [1.807, 2.05) is 12.1 Å². The number of rotatable bonds is 1. The van der Waals surface area contributed by atoms with Crippen molar-refractivity contribution in [2.45, 2.75) is 0 Å². The Morgan fingerprint density at radius 2 is 1.95 bits per heavy atom. The van der Waals surface area contributed by atoms with Crippen LogP contribution >= 0.6 is 35.4 Å². The minimum Gasteiger partial charge on any atom is -0.427 e. The van der Waals surface area contributed by atoms with Gasteiger partial charge in [-0.05, 0) is 29.2 Å². The number of benzene rings is 2. The summed E-state index contributed by atoms with van der Waals surface area (Å²) in [5, 5.41) is 15.8. The van der Waals surface area contributed by atoms with Gasteiger partial charge in [-0.1, -0.05) is 59.7 Å². The molecule has 2 aromatic carbocycles. The van der Waals surface area contributed by atoms with E-state index in [1.165, 1.54) is 4.92 Å². The smallest absolute Gasteiger partial charge is 0.427 e. The summed E-state index contributed by atoms with van der Waals surface area (Å²) in [6.45, 7) is 0. The second-order valence-corrected chi connectivity index (χ2v) is 5.75. The van der Waals surface area contributed by atoms with Gasteiger partial charge < -0.3 is 5.02 Å². The van der Waals surface area contributed by atoms with E-state index < -0.39 is 7.05 Å². The van der Waals surface area contributed by atoms with Crippen molar-refractivity contribution in [3.63, 3.8) is 0 Å². The van der Waals surface area contributed by atoms with Gasteiger partial charge in [0.05, 0.1) is 11.2 Å². The summed E-state index contributed by atoms with van der Waals surface area (Å²) >= 11 is 17.5. The highest BCUT2D eigenvalue weighted by Gasteiger charge is 2.32. The summed E-state index contributed by atoms with van der Waals surface area (Å²) < 4.78 is 0. The van der Waals surface area contributed by atoms with E-state index in [1.54, 1.807) is 36.5 Å². The molecule has 21 heavy (non-hydrogen) atoms. The molecule has 104 valence electrons. The van der Waals surface area contributed by atoms with Gasteiger partial charge in [0.15, 0.2) is 0 Å². The Morgan fingerprint density at radius 3 is 2.71 bits per heavy atom. The maximum atomic E-state index is 10.5. The SMILES string of the molecule is OB1c2ccc(Cl)cc2C=NN1C(=S)c1ccccc1Cl. The van der Waals surface area contributed by atoms with Crippen molar-refractivity contribution in [1.29, 1.82) is 0 Å². The second-order valence-electron chi connectivity index (χ2n) is 4.52. The van der Waals surface area contributed by atoms with Crippen LogP contribution in [0.1, 0.15) is 11.1 Å². The largest absolute Gasteiger partial charge is 0.472 e. The minimum absolute atomic E-state index is 0.366. The van der Waals surface area contributed by atoms with Gasteiger partial charge in [-0.3, -0.25) is 4.92 Å². The fraction of sp³-hybridized carbons (Fsp3) is 0. The molecule has 0 atom stereocenters. The Balaban J connectivity index is 1.98. The Bertz CT molecular complexity index is 754. The third-order valence-corrected chi connectivity index (χ3v) is 4.16. The van der Waals surface area contributed by atoms with Crippen LogP contribution in [0.15, 0.2) is 47.6 Å². The predicted molar refractivity (Wildman–Crippen MR) is 91.6 cm³/mol. The van der Waals surface area contributed by atoms with Crippen molar-refractivity contribution < 1.29 is 5.02 Å². The van der Waals surface area contributed by atoms with Crippen LogP contribution in [-0.4, -0.2) is 28.2 Å². The molecule has 1 aliphatic rings. The zero-order chi connectivity index (χ0) is 15.0. The Hall–Kier alpha value is -1.40. The lowest BCUT2D eigenvalue weighted by molar-refractivity contribution is 0.497. The highest BCUT2D eigenvalue weighted by atomic mass is 35.5. The van der Waals surface area contributed by atoms with E-state index in [9.17, 15) is 5.02 Å². The van der Waals surface area contributed by atoms with Crippen molar-refractivity contribution in [2.24, 2.45) is 5.10 Å². The average molecular weight is 335 g/mol. The topological polar surface area (TPSA) is 35.8 Å². The quantitative estimate of drug-likeness (QED) is 0.643. The molecule has 0 spiro atoms. The normalized spacial score (nSPS) is 13.3. The lowest BCUT2D eigenvalue weighted by atomic mass is 9.69. The monoisotopic (exact) mass is 334 g/mol. The molecule has 0 saturated carbocycles. The standard InChI is InChI=1S/C14H9BCl2N2OS/c16-10-5-6-12-9(7-10)8-18-19(15(12)20)14(21)11-3-1-2-4-13(11)17/h1-8,20H. The third kappa shape index (κ3) is 2.70. The molecular formula is C14H9BCl2N2OS. The molecule has 0 unspecified atom stereocenters. The number of halogens is 2. The fourth-order valence-electron chi connectivity index (χ4n) is 2.13. The predicted octanol–water partition coefficient (Wildman–Crippen LogP) is 2.71. The van der Waals surface area contributed by atoms with Crippen LogP contribution in [0.25, 0.3) is 0 Å². The molecule has 0 aromatic heterocycles. The van der Waals surface area contributed by atoms with E-state index >= 15 is 0 Å². The molecule has 1 N–H and O–H groups in total. The van der Waals surface area contributed by atoms with Gasteiger partial charge >= 0.3 is 7.05 Å². The van der Waals surface area contributed by atoms with Crippen LogP contribution in [0.2, 0.25) is 10.0 Å². The van der Waals surface area contributed by atoms with Crippen LogP contribution < -0.4 is 5.46 Å². The van der Waals surface area contributed by atoms with Crippen LogP contribution in [0, 0.1) is 0 Å². The zero-order valence-corrected chi connectivity index (χ0v) is 13.0. The number of hydrazone groups is 1. The van der Waals surface area contributed by atoms with Gasteiger partial charge in [0.1, 0.15) is 4.99 Å². The first-order valence-electron chi connectivity index (χ1n) is 6.17. The molecule has 0 amide bonds. The lowest BCUT2D eigenvalue weighted by Gasteiger charge is -2.27. The number of hydrogen-bond acceptors (Lipinski definition) is 3. The number of thiocarbonyl (C=S) groups is 1. The Kier molecular flexibility index (Phi) is 4.00. The first kappa shape index (κ1) is 14.5. The second kappa shape index (κ2) is 5.77. The number of hydrogen-bond donors (Lipinski definition) is 1. The highest BCUT2D eigenvalue weighted by molar-refractivity contribution is 7.80. The first-order valence-corrected chi connectivity index (χ1v) is 7.34. The Morgan fingerprint density at radius 1 is 1.19 bits per heavy atom. The molecule has 1 heterocycles. The summed E-state index contributed by atoms with van der Waals surface area (Å²) in [6, 6.07) is 12.4. The lowest BCUT2D eigenvalue weighted by Crippen LogP contribution is -2.52. The zero-order valence-electron chi connectivity index (χ0n) is 10.7. The van der Waals surface area contributed by atoms with Crippen LogP contribution in [0.3, 0.4) is 0 Å². The molecule has 0 aliphatic carbocycles. The highest BCUT2D eigenvalue weighted by Crippen LogP contribution is 2.20. The van der Waals surface area contributed by atoms with Crippen LogP contribution in [0.5, 0.6) is 0 Å². The minimum atomic E-state index is -0.967. The average Bonchev–Trinajstić information content (AvgIpc) is 2.47. The van der Waals surface area contributed by atoms with Crippen LogP contribution in [-0.2, 0) is 0 Å². The van der Waals surface area contributed by atoms with Crippen molar-refractivity contribution in [1.82, 2.24) is 4.92 Å². The van der Waals surface area contributed by atoms with Gasteiger partial charge in [-0.2, -0.15) is 5.10 Å². The molecule has 7 heteroatoms. The molecular weight excluding hydrogens is 326 g/mol. The maximum Gasteiger partial charge on any atom is 0.472 e. The van der Waals surface area contributed by atoms with Crippen molar-refractivity contribution in [2.75, 3.05) is 0 Å².